The van der Waals surface area contributed by atoms with Crippen LogP contribution >= 0.6 is 7.82 Å². The highest BCUT2D eigenvalue weighted by molar-refractivity contribution is 7.45. The summed E-state index contributed by atoms with van der Waals surface area (Å²) >= 11 is 0. The Morgan fingerprint density at radius 1 is 0.447 bits per heavy atom. The highest BCUT2D eigenvalue weighted by Gasteiger charge is 2.00. The van der Waals surface area contributed by atoms with E-state index >= 15 is 0 Å². The van der Waals surface area contributed by atoms with E-state index in [0.29, 0.717) is 0 Å². The van der Waals surface area contributed by atoms with E-state index in [0.717, 1.165) is 39.3 Å². The van der Waals surface area contributed by atoms with Gasteiger partial charge in [-0.1, -0.05) is 54.6 Å². The first-order valence-corrected chi connectivity index (χ1v) is 14.9. The maximum Gasteiger partial charge on any atom is 0.466 e. The second kappa shape index (κ2) is 21.1. The summed E-state index contributed by atoms with van der Waals surface area (Å²) in [5, 5.41) is 0. The maximum absolute atomic E-state index is 8.88. The van der Waals surface area contributed by atoms with Gasteiger partial charge in [-0.25, -0.2) is 4.57 Å². The van der Waals surface area contributed by atoms with Crippen LogP contribution in [0.5, 0.6) is 0 Å². The Labute approximate surface area is 230 Å². The molecule has 0 bridgehead atoms. The molecule has 7 nitrogen and oxygen atoms in total. The van der Waals surface area contributed by atoms with Crippen molar-refractivity contribution in [2.75, 3.05) is 54.0 Å². The Bertz CT molecular complexity index is 839. The molecule has 0 heterocycles. The smallest absolute Gasteiger partial charge is 0.372 e. The third-order valence-electron chi connectivity index (χ3n) is 5.65. The number of benzene rings is 3. The van der Waals surface area contributed by atoms with Gasteiger partial charge in [0.1, 0.15) is 0 Å². The van der Waals surface area contributed by atoms with Crippen molar-refractivity contribution in [1.29, 1.82) is 0 Å². The van der Waals surface area contributed by atoms with Gasteiger partial charge in [-0.2, -0.15) is 0 Å². The van der Waals surface area contributed by atoms with Gasteiger partial charge >= 0.3 is 7.82 Å². The molecule has 0 atom stereocenters. The Morgan fingerprint density at radius 3 is 0.737 bits per heavy atom. The molecule has 8 heteroatoms. The van der Waals surface area contributed by atoms with Crippen LogP contribution in [0.15, 0.2) is 91.0 Å². The molecule has 0 aliphatic rings. The lowest BCUT2D eigenvalue weighted by atomic mass is 10.3. The molecule has 0 aromatic heterocycles. The predicted octanol–water partition coefficient (Wildman–Crippen LogP) is 6.67. The van der Waals surface area contributed by atoms with Gasteiger partial charge in [0.25, 0.3) is 0 Å². The first kappa shape index (κ1) is 35.2. The second-order valence-corrected chi connectivity index (χ2v) is 9.06. The summed E-state index contributed by atoms with van der Waals surface area (Å²) in [4.78, 5) is 28.6. The Morgan fingerprint density at radius 2 is 0.605 bits per heavy atom. The van der Waals surface area contributed by atoms with E-state index in [9.17, 15) is 0 Å². The molecule has 38 heavy (non-hydrogen) atoms. The predicted molar refractivity (Wildman–Crippen MR) is 164 cm³/mol. The fourth-order valence-electron chi connectivity index (χ4n) is 3.68. The molecule has 3 rings (SSSR count). The molecular weight excluding hydrogens is 497 g/mol. The van der Waals surface area contributed by atoms with Gasteiger partial charge in [0.05, 0.1) is 0 Å². The van der Waals surface area contributed by atoms with E-state index < -0.39 is 7.82 Å². The molecule has 0 unspecified atom stereocenters. The Balaban J connectivity index is 0.000000497. The third-order valence-corrected chi connectivity index (χ3v) is 5.65. The molecule has 0 saturated carbocycles. The summed E-state index contributed by atoms with van der Waals surface area (Å²) in [6.45, 7) is 19.6. The fraction of sp³-hybridized carbons (Fsp3) is 0.400. The number of rotatable bonds is 9. The highest BCUT2D eigenvalue weighted by atomic mass is 31.2. The van der Waals surface area contributed by atoms with Crippen molar-refractivity contribution in [3.63, 3.8) is 0 Å². The van der Waals surface area contributed by atoms with E-state index in [1.165, 1.54) is 17.1 Å². The molecule has 3 aromatic carbocycles. The van der Waals surface area contributed by atoms with Gasteiger partial charge in [0, 0.05) is 56.3 Å². The molecule has 0 saturated heterocycles. The summed E-state index contributed by atoms with van der Waals surface area (Å²) in [5.74, 6) is 0. The third kappa shape index (κ3) is 16.8. The highest BCUT2D eigenvalue weighted by Crippen LogP contribution is 2.25. The molecule has 0 spiro atoms. The average molecular weight is 546 g/mol. The van der Waals surface area contributed by atoms with E-state index in [1.54, 1.807) is 0 Å². The van der Waals surface area contributed by atoms with Crippen molar-refractivity contribution in [3.05, 3.63) is 91.0 Å². The number of hydrogen-bond acceptors (Lipinski definition) is 4. The SMILES string of the molecule is CCN(CC)c1ccccc1.CCN(CC)c1ccccc1.CCN(CC)c1ccccc1.O=P(O)(O)O. The van der Waals surface area contributed by atoms with Gasteiger partial charge in [-0.05, 0) is 77.9 Å². The van der Waals surface area contributed by atoms with Crippen LogP contribution in [0.1, 0.15) is 41.5 Å². The summed E-state index contributed by atoms with van der Waals surface area (Å²) in [7, 11) is -4.64. The summed E-state index contributed by atoms with van der Waals surface area (Å²) in [6.07, 6.45) is 0. The number of nitrogens with zero attached hydrogens (tertiary/aromatic N) is 3. The summed E-state index contributed by atoms with van der Waals surface area (Å²) in [5.41, 5.74) is 3.95. The largest absolute Gasteiger partial charge is 0.466 e. The molecular formula is C30H48N3O4P. The minimum atomic E-state index is -4.64. The van der Waals surface area contributed by atoms with E-state index in [4.69, 9.17) is 19.2 Å². The molecule has 0 radical (unpaired) electrons. The normalized spacial score (nSPS) is 9.92. The zero-order valence-corrected chi connectivity index (χ0v) is 24.8. The first-order valence-electron chi connectivity index (χ1n) is 13.3. The Hall–Kier alpha value is -2.83. The average Bonchev–Trinajstić information content (AvgIpc) is 2.93. The minimum Gasteiger partial charge on any atom is -0.372 e. The van der Waals surface area contributed by atoms with Crippen molar-refractivity contribution in [2.24, 2.45) is 0 Å². The van der Waals surface area contributed by atoms with Crippen LogP contribution in [0.4, 0.5) is 17.1 Å². The van der Waals surface area contributed by atoms with E-state index in [1.807, 2.05) is 18.2 Å². The van der Waals surface area contributed by atoms with Gasteiger partial charge in [0.2, 0.25) is 0 Å². The van der Waals surface area contributed by atoms with Crippen LogP contribution in [0.3, 0.4) is 0 Å². The quantitative estimate of drug-likeness (QED) is 0.259. The van der Waals surface area contributed by atoms with Gasteiger partial charge in [-0.15, -0.1) is 0 Å². The van der Waals surface area contributed by atoms with E-state index in [-0.39, 0.29) is 0 Å². The monoisotopic (exact) mass is 545 g/mol. The summed E-state index contributed by atoms with van der Waals surface area (Å²) in [6, 6.07) is 31.5. The van der Waals surface area contributed by atoms with Crippen LogP contribution in [0.25, 0.3) is 0 Å². The number of hydrogen-bond donors (Lipinski definition) is 3. The fourth-order valence-corrected chi connectivity index (χ4v) is 3.68. The molecule has 0 aliphatic heterocycles. The van der Waals surface area contributed by atoms with Crippen LogP contribution in [-0.4, -0.2) is 53.9 Å². The van der Waals surface area contributed by atoms with E-state index in [2.05, 4.69) is 129 Å². The van der Waals surface area contributed by atoms with Crippen molar-refractivity contribution < 1.29 is 19.2 Å². The van der Waals surface area contributed by atoms with Crippen LogP contribution in [-0.2, 0) is 4.57 Å². The number of anilines is 3. The van der Waals surface area contributed by atoms with Crippen LogP contribution in [0, 0.1) is 0 Å². The van der Waals surface area contributed by atoms with Crippen molar-refractivity contribution in [2.45, 2.75) is 41.5 Å². The van der Waals surface area contributed by atoms with Gasteiger partial charge in [0.15, 0.2) is 0 Å². The molecule has 3 aromatic rings. The minimum absolute atomic E-state index is 1.08. The molecule has 0 amide bonds. The zero-order chi connectivity index (χ0) is 28.8. The Kier molecular flexibility index (Phi) is 19.6. The molecule has 0 aliphatic carbocycles. The molecule has 0 fully saturated rings. The number of para-hydroxylation sites is 3. The van der Waals surface area contributed by atoms with Crippen molar-refractivity contribution >= 4 is 24.9 Å². The summed E-state index contributed by atoms with van der Waals surface area (Å²) < 4.78 is 8.88. The lowest BCUT2D eigenvalue weighted by Crippen LogP contribution is -2.21. The van der Waals surface area contributed by atoms with Crippen molar-refractivity contribution in [1.82, 2.24) is 0 Å². The lowest BCUT2D eigenvalue weighted by molar-refractivity contribution is 0.275. The standard InChI is InChI=1S/3C10H15N.H3O4P/c3*1-3-11(4-2)10-8-6-5-7-9-10;1-5(2,3)4/h3*5-9H,3-4H2,1-2H3;(H3,1,2,3,4). The second-order valence-electron chi connectivity index (χ2n) is 8.04. The van der Waals surface area contributed by atoms with Crippen molar-refractivity contribution in [3.8, 4) is 0 Å². The first-order chi connectivity index (χ1) is 18.1. The molecule has 212 valence electrons. The maximum atomic E-state index is 8.88. The molecule has 3 N–H and O–H groups in total. The lowest BCUT2D eigenvalue weighted by Gasteiger charge is -2.20. The van der Waals surface area contributed by atoms with Crippen LogP contribution in [0.2, 0.25) is 0 Å². The zero-order valence-electron chi connectivity index (χ0n) is 23.9. The topological polar surface area (TPSA) is 87.5 Å². The van der Waals surface area contributed by atoms with Gasteiger partial charge < -0.3 is 29.4 Å². The number of phosphoric acid groups is 1. The van der Waals surface area contributed by atoms with Gasteiger partial charge in [-0.3, -0.25) is 0 Å². The van der Waals surface area contributed by atoms with Crippen LogP contribution < -0.4 is 14.7 Å².